The molecular formula is C48H43BN4. The Morgan fingerprint density at radius 1 is 0.434 bits per heavy atom. The molecule has 0 saturated carbocycles. The monoisotopic (exact) mass is 686 g/mol. The van der Waals surface area contributed by atoms with Gasteiger partial charge in [0, 0.05) is 33.8 Å². The fourth-order valence-electron chi connectivity index (χ4n) is 8.10. The number of aromatic nitrogens is 3. The van der Waals surface area contributed by atoms with Gasteiger partial charge in [0.2, 0.25) is 6.71 Å². The second-order valence-corrected chi connectivity index (χ2v) is 15.5. The van der Waals surface area contributed by atoms with E-state index in [9.17, 15) is 0 Å². The van der Waals surface area contributed by atoms with Crippen LogP contribution in [0.15, 0.2) is 133 Å². The van der Waals surface area contributed by atoms with Crippen molar-refractivity contribution in [2.45, 2.75) is 59.3 Å². The number of rotatable bonds is 7. The summed E-state index contributed by atoms with van der Waals surface area (Å²) >= 11 is 0. The number of hydrogen-bond acceptors (Lipinski definition) is 4. The fourth-order valence-corrected chi connectivity index (χ4v) is 8.10. The van der Waals surface area contributed by atoms with Crippen molar-refractivity contribution in [3.05, 3.63) is 150 Å². The third-order valence-corrected chi connectivity index (χ3v) is 11.1. The maximum absolute atomic E-state index is 5.19. The smallest absolute Gasteiger partial charge is 0.248 e. The molecule has 4 nitrogen and oxygen atoms in total. The fraction of sp³-hybridized carbons (Fsp3) is 0.188. The van der Waals surface area contributed by atoms with Crippen LogP contribution in [0.3, 0.4) is 0 Å². The predicted octanol–water partition coefficient (Wildman–Crippen LogP) is 10.5. The summed E-state index contributed by atoms with van der Waals surface area (Å²) in [5, 5.41) is 0. The van der Waals surface area contributed by atoms with Crippen LogP contribution in [0.25, 0.3) is 45.3 Å². The summed E-state index contributed by atoms with van der Waals surface area (Å²) in [6.45, 7) is 13.8. The Morgan fingerprint density at radius 2 is 0.943 bits per heavy atom. The molecule has 0 bridgehead atoms. The molecule has 0 atom stereocenters. The first kappa shape index (κ1) is 33.1. The van der Waals surface area contributed by atoms with Crippen molar-refractivity contribution in [2.75, 3.05) is 4.90 Å². The Labute approximate surface area is 313 Å². The third-order valence-electron chi connectivity index (χ3n) is 11.1. The van der Waals surface area contributed by atoms with E-state index >= 15 is 0 Å². The Balaban J connectivity index is 1.34. The molecule has 0 spiro atoms. The molecule has 0 unspecified atom stereocenters. The molecule has 2 aliphatic rings. The van der Waals surface area contributed by atoms with E-state index in [2.05, 4.69) is 144 Å². The lowest BCUT2D eigenvalue weighted by Gasteiger charge is -2.37. The molecule has 3 heterocycles. The van der Waals surface area contributed by atoms with Gasteiger partial charge >= 0.3 is 0 Å². The number of nitrogens with zero attached hydrogens (tertiary/aromatic N) is 4. The van der Waals surface area contributed by atoms with Crippen LogP contribution in [0.4, 0.5) is 17.1 Å². The van der Waals surface area contributed by atoms with E-state index in [4.69, 9.17) is 15.0 Å². The minimum absolute atomic E-state index is 0.126. The van der Waals surface area contributed by atoms with Crippen LogP contribution < -0.4 is 21.3 Å². The largest absolute Gasteiger partial charge is 0.311 e. The zero-order valence-corrected chi connectivity index (χ0v) is 31.3. The normalized spacial score (nSPS) is 12.8. The second-order valence-electron chi connectivity index (χ2n) is 15.5. The van der Waals surface area contributed by atoms with E-state index in [1.54, 1.807) is 0 Å². The van der Waals surface area contributed by atoms with Crippen molar-refractivity contribution in [1.29, 1.82) is 0 Å². The van der Waals surface area contributed by atoms with Crippen LogP contribution in [0.1, 0.15) is 76.0 Å². The van der Waals surface area contributed by atoms with Gasteiger partial charge in [0.1, 0.15) is 0 Å². The summed E-state index contributed by atoms with van der Waals surface area (Å²) in [7, 11) is 0. The van der Waals surface area contributed by atoms with Gasteiger partial charge < -0.3 is 4.90 Å². The molecule has 7 aromatic rings. The Kier molecular flexibility index (Phi) is 8.11. The molecule has 0 aliphatic carbocycles. The van der Waals surface area contributed by atoms with Gasteiger partial charge in [-0.25, -0.2) is 15.0 Å². The molecule has 5 heteroatoms. The van der Waals surface area contributed by atoms with E-state index < -0.39 is 0 Å². The van der Waals surface area contributed by atoms with Crippen molar-refractivity contribution in [3.63, 3.8) is 0 Å². The first-order chi connectivity index (χ1) is 25.7. The molecule has 258 valence electrons. The number of benzene rings is 6. The molecule has 0 fully saturated rings. The first-order valence-electron chi connectivity index (χ1n) is 19.0. The molecular weight excluding hydrogens is 643 g/mol. The van der Waals surface area contributed by atoms with E-state index in [1.807, 2.05) is 36.4 Å². The minimum Gasteiger partial charge on any atom is -0.311 e. The molecule has 0 radical (unpaired) electrons. The third kappa shape index (κ3) is 5.67. The topological polar surface area (TPSA) is 41.9 Å². The summed E-state index contributed by atoms with van der Waals surface area (Å²) < 4.78 is 0. The Hall–Kier alpha value is -5.81. The molecule has 9 rings (SSSR count). The summed E-state index contributed by atoms with van der Waals surface area (Å²) in [5.74, 6) is 3.29. The van der Waals surface area contributed by atoms with Gasteiger partial charge in [0.15, 0.2) is 17.5 Å². The summed E-state index contributed by atoms with van der Waals surface area (Å²) in [6, 6.07) is 48.6. The van der Waals surface area contributed by atoms with Crippen molar-refractivity contribution in [1.82, 2.24) is 15.0 Å². The van der Waals surface area contributed by atoms with Gasteiger partial charge in [-0.1, -0.05) is 150 Å². The number of fused-ring (bicyclic) bond motifs is 5. The molecule has 0 saturated heterocycles. The summed E-state index contributed by atoms with van der Waals surface area (Å²) in [4.78, 5) is 17.9. The van der Waals surface area contributed by atoms with Crippen LogP contribution >= 0.6 is 0 Å². The standard InChI is InChI=1S/C48H43BN4/c1-29(2)32-17-21-38(22-18-32)53-43-24-20-36(31(5)6)27-42(43)49-41-26-35(30(3)4)19-23-39(41)40-25-37(28-44(53)45(40)49)48-51-46(33-13-9-7-10-14-33)50-47(52-48)34-15-11-8-12-16-34/h7-31H,1-6H3. The van der Waals surface area contributed by atoms with Gasteiger partial charge in [-0.05, 0) is 86.8 Å². The number of anilines is 3. The van der Waals surface area contributed by atoms with Gasteiger partial charge in [-0.15, -0.1) is 0 Å². The van der Waals surface area contributed by atoms with Crippen molar-refractivity contribution in [3.8, 4) is 45.3 Å². The molecule has 0 amide bonds. The molecule has 1 aromatic heterocycles. The quantitative estimate of drug-likeness (QED) is 0.157. The predicted molar refractivity (Wildman–Crippen MR) is 223 cm³/mol. The maximum atomic E-state index is 5.19. The molecule has 6 aromatic carbocycles. The van der Waals surface area contributed by atoms with E-state index in [0.29, 0.717) is 35.2 Å². The summed E-state index contributed by atoms with van der Waals surface area (Å²) in [6.07, 6.45) is 0. The number of hydrogen-bond donors (Lipinski definition) is 0. The highest BCUT2D eigenvalue weighted by Gasteiger charge is 2.43. The average molecular weight is 687 g/mol. The lowest BCUT2D eigenvalue weighted by Crippen LogP contribution is -2.55. The Bertz CT molecular complexity index is 2430. The van der Waals surface area contributed by atoms with E-state index in [-0.39, 0.29) is 6.71 Å². The molecule has 2 aliphatic heterocycles. The second kappa shape index (κ2) is 13.0. The van der Waals surface area contributed by atoms with Crippen molar-refractivity contribution < 1.29 is 0 Å². The van der Waals surface area contributed by atoms with Crippen molar-refractivity contribution >= 4 is 40.2 Å². The highest BCUT2D eigenvalue weighted by molar-refractivity contribution is 7.01. The zero-order chi connectivity index (χ0) is 36.4. The highest BCUT2D eigenvalue weighted by Crippen LogP contribution is 2.43. The van der Waals surface area contributed by atoms with Crippen LogP contribution in [0.2, 0.25) is 0 Å². The average Bonchev–Trinajstić information content (AvgIpc) is 3.52. The van der Waals surface area contributed by atoms with Crippen LogP contribution in [0.5, 0.6) is 0 Å². The van der Waals surface area contributed by atoms with Crippen LogP contribution in [-0.2, 0) is 0 Å². The zero-order valence-electron chi connectivity index (χ0n) is 31.3. The lowest BCUT2D eigenvalue weighted by molar-refractivity contribution is 0.866. The molecule has 53 heavy (non-hydrogen) atoms. The van der Waals surface area contributed by atoms with Gasteiger partial charge in [-0.2, -0.15) is 0 Å². The van der Waals surface area contributed by atoms with Gasteiger partial charge in [0.25, 0.3) is 0 Å². The Morgan fingerprint density at radius 3 is 1.51 bits per heavy atom. The van der Waals surface area contributed by atoms with Crippen molar-refractivity contribution in [2.24, 2.45) is 0 Å². The molecule has 0 N–H and O–H groups in total. The SMILES string of the molecule is CC(C)c1ccc(N2c3ccc(C(C)C)cc3B3c4cc(C(C)C)ccc4-c4cc(-c5nc(-c6ccccc6)nc(-c6ccccc6)n5)cc2c43)cc1. The van der Waals surface area contributed by atoms with Gasteiger partial charge in [0.05, 0.1) is 0 Å². The van der Waals surface area contributed by atoms with Crippen LogP contribution in [0, 0.1) is 0 Å². The van der Waals surface area contributed by atoms with E-state index in [0.717, 1.165) is 22.4 Å². The van der Waals surface area contributed by atoms with Gasteiger partial charge in [-0.3, -0.25) is 0 Å². The van der Waals surface area contributed by atoms with E-state index in [1.165, 1.54) is 55.6 Å². The highest BCUT2D eigenvalue weighted by atomic mass is 15.2. The minimum atomic E-state index is 0.126. The lowest BCUT2D eigenvalue weighted by atomic mass is 9.37. The summed E-state index contributed by atoms with van der Waals surface area (Å²) in [5.41, 5.74) is 17.1. The van der Waals surface area contributed by atoms with Crippen LogP contribution in [-0.4, -0.2) is 21.7 Å². The maximum Gasteiger partial charge on any atom is 0.248 e. The first-order valence-corrected chi connectivity index (χ1v) is 19.0.